The minimum absolute atomic E-state index is 0.610. The van der Waals surface area contributed by atoms with E-state index in [9.17, 15) is 4.79 Å². The molecule has 0 spiro atoms. The summed E-state index contributed by atoms with van der Waals surface area (Å²) in [7, 11) is 1.56. The van der Waals surface area contributed by atoms with Gasteiger partial charge in [0.2, 0.25) is 0 Å². The van der Waals surface area contributed by atoms with Crippen LogP contribution in [0.3, 0.4) is 0 Å². The lowest BCUT2D eigenvalue weighted by atomic mass is 10.2. The van der Waals surface area contributed by atoms with Crippen molar-refractivity contribution in [3.63, 3.8) is 0 Å². The van der Waals surface area contributed by atoms with Crippen molar-refractivity contribution in [3.05, 3.63) is 29.8 Å². The van der Waals surface area contributed by atoms with Crippen LogP contribution in [0.15, 0.2) is 24.3 Å². The SMILES string of the molecule is CCCCOc1ccc(C=CC(=O)O)cc1OC. The minimum Gasteiger partial charge on any atom is -0.493 e. The Morgan fingerprint density at radius 2 is 2.17 bits per heavy atom. The Bertz CT molecular complexity index is 424. The van der Waals surface area contributed by atoms with E-state index in [0.717, 1.165) is 24.5 Å². The molecule has 0 aliphatic rings. The lowest BCUT2D eigenvalue weighted by molar-refractivity contribution is -0.131. The maximum atomic E-state index is 10.4. The van der Waals surface area contributed by atoms with Crippen molar-refractivity contribution in [2.75, 3.05) is 13.7 Å². The van der Waals surface area contributed by atoms with Gasteiger partial charge in [-0.1, -0.05) is 19.4 Å². The number of aliphatic carboxylic acids is 1. The van der Waals surface area contributed by atoms with Gasteiger partial charge in [-0.3, -0.25) is 0 Å². The number of hydrogen-bond donors (Lipinski definition) is 1. The number of methoxy groups -OCH3 is 1. The van der Waals surface area contributed by atoms with E-state index in [1.807, 2.05) is 0 Å². The van der Waals surface area contributed by atoms with Gasteiger partial charge in [-0.15, -0.1) is 0 Å². The van der Waals surface area contributed by atoms with Crippen LogP contribution in [0.25, 0.3) is 6.08 Å². The molecule has 0 heterocycles. The van der Waals surface area contributed by atoms with Crippen LogP contribution >= 0.6 is 0 Å². The molecule has 4 nitrogen and oxygen atoms in total. The Balaban J connectivity index is 2.79. The second kappa shape index (κ2) is 7.37. The minimum atomic E-state index is -0.975. The normalized spacial score (nSPS) is 10.6. The molecule has 0 saturated carbocycles. The predicted molar refractivity (Wildman–Crippen MR) is 70.1 cm³/mol. The molecule has 0 fully saturated rings. The topological polar surface area (TPSA) is 55.8 Å². The summed E-state index contributed by atoms with van der Waals surface area (Å²) < 4.78 is 10.8. The van der Waals surface area contributed by atoms with Crippen LogP contribution in [0.1, 0.15) is 25.3 Å². The van der Waals surface area contributed by atoms with Crippen LogP contribution in [-0.4, -0.2) is 24.8 Å². The molecule has 0 atom stereocenters. The maximum Gasteiger partial charge on any atom is 0.328 e. The van der Waals surface area contributed by atoms with Crippen molar-refractivity contribution in [3.8, 4) is 11.5 Å². The van der Waals surface area contributed by atoms with Gasteiger partial charge in [0.1, 0.15) is 0 Å². The van der Waals surface area contributed by atoms with E-state index >= 15 is 0 Å². The van der Waals surface area contributed by atoms with Crippen molar-refractivity contribution in [2.45, 2.75) is 19.8 Å². The zero-order valence-electron chi connectivity index (χ0n) is 10.7. The first-order valence-corrected chi connectivity index (χ1v) is 5.89. The van der Waals surface area contributed by atoms with E-state index in [1.165, 1.54) is 6.08 Å². The van der Waals surface area contributed by atoms with E-state index in [2.05, 4.69) is 6.92 Å². The van der Waals surface area contributed by atoms with E-state index in [0.29, 0.717) is 18.1 Å². The highest BCUT2D eigenvalue weighted by molar-refractivity contribution is 5.85. The molecule has 0 aliphatic heterocycles. The molecule has 1 rings (SSSR count). The molecule has 0 unspecified atom stereocenters. The molecule has 18 heavy (non-hydrogen) atoms. The number of benzene rings is 1. The Kier molecular flexibility index (Phi) is 5.77. The molecule has 0 bridgehead atoms. The molecule has 0 saturated heterocycles. The van der Waals surface area contributed by atoms with Crippen LogP contribution in [0.5, 0.6) is 11.5 Å². The zero-order chi connectivity index (χ0) is 13.4. The Morgan fingerprint density at radius 3 is 2.78 bits per heavy atom. The number of rotatable bonds is 7. The van der Waals surface area contributed by atoms with Gasteiger partial charge >= 0.3 is 5.97 Å². The molecular formula is C14H18O4. The summed E-state index contributed by atoms with van der Waals surface area (Å²) in [5.74, 6) is 0.314. The third-order valence-electron chi connectivity index (χ3n) is 2.36. The molecule has 1 aromatic rings. The van der Waals surface area contributed by atoms with Crippen molar-refractivity contribution in [1.82, 2.24) is 0 Å². The monoisotopic (exact) mass is 250 g/mol. The number of carbonyl (C=O) groups is 1. The highest BCUT2D eigenvalue weighted by atomic mass is 16.5. The molecule has 1 N–H and O–H groups in total. The highest BCUT2D eigenvalue weighted by Crippen LogP contribution is 2.28. The van der Waals surface area contributed by atoms with Gasteiger partial charge in [0.05, 0.1) is 13.7 Å². The fraction of sp³-hybridized carbons (Fsp3) is 0.357. The molecule has 0 aliphatic carbocycles. The van der Waals surface area contributed by atoms with Crippen LogP contribution in [0.2, 0.25) is 0 Å². The predicted octanol–water partition coefficient (Wildman–Crippen LogP) is 2.97. The van der Waals surface area contributed by atoms with Gasteiger partial charge in [-0.25, -0.2) is 4.79 Å². The first kappa shape index (κ1) is 14.1. The molecule has 98 valence electrons. The summed E-state index contributed by atoms with van der Waals surface area (Å²) in [6.07, 6.45) is 4.67. The first-order chi connectivity index (χ1) is 8.67. The van der Waals surface area contributed by atoms with Crippen molar-refractivity contribution >= 4 is 12.0 Å². The fourth-order valence-corrected chi connectivity index (χ4v) is 1.40. The largest absolute Gasteiger partial charge is 0.493 e. The second-order valence-corrected chi connectivity index (χ2v) is 3.78. The Morgan fingerprint density at radius 1 is 1.39 bits per heavy atom. The molecule has 0 radical (unpaired) electrons. The van der Waals surface area contributed by atoms with Crippen LogP contribution < -0.4 is 9.47 Å². The number of hydrogen-bond acceptors (Lipinski definition) is 3. The van der Waals surface area contributed by atoms with Gasteiger partial charge in [0.15, 0.2) is 11.5 Å². The Labute approximate surface area is 107 Å². The van der Waals surface area contributed by atoms with Crippen molar-refractivity contribution in [2.24, 2.45) is 0 Å². The molecule has 4 heteroatoms. The quantitative estimate of drug-likeness (QED) is 0.597. The van der Waals surface area contributed by atoms with E-state index < -0.39 is 5.97 Å². The molecule has 0 aromatic heterocycles. The van der Waals surface area contributed by atoms with Crippen LogP contribution in [0.4, 0.5) is 0 Å². The first-order valence-electron chi connectivity index (χ1n) is 5.89. The summed E-state index contributed by atoms with van der Waals surface area (Å²) in [6, 6.07) is 5.33. The Hall–Kier alpha value is -1.97. The summed E-state index contributed by atoms with van der Waals surface area (Å²) in [4.78, 5) is 10.4. The summed E-state index contributed by atoms with van der Waals surface area (Å²) in [6.45, 7) is 2.75. The smallest absolute Gasteiger partial charge is 0.328 e. The van der Waals surface area contributed by atoms with Crippen molar-refractivity contribution < 1.29 is 19.4 Å². The van der Waals surface area contributed by atoms with Crippen LogP contribution in [-0.2, 0) is 4.79 Å². The lowest BCUT2D eigenvalue weighted by Gasteiger charge is -2.10. The molecule has 0 amide bonds. The highest BCUT2D eigenvalue weighted by Gasteiger charge is 2.04. The number of ether oxygens (including phenoxy) is 2. The van der Waals surface area contributed by atoms with Crippen molar-refractivity contribution in [1.29, 1.82) is 0 Å². The van der Waals surface area contributed by atoms with Crippen LogP contribution in [0, 0.1) is 0 Å². The third kappa shape index (κ3) is 4.49. The van der Waals surface area contributed by atoms with E-state index in [4.69, 9.17) is 14.6 Å². The van der Waals surface area contributed by atoms with E-state index in [-0.39, 0.29) is 0 Å². The summed E-state index contributed by atoms with van der Waals surface area (Å²) in [5.41, 5.74) is 0.761. The summed E-state index contributed by atoms with van der Waals surface area (Å²) in [5, 5.41) is 8.56. The van der Waals surface area contributed by atoms with Gasteiger partial charge < -0.3 is 14.6 Å². The number of carboxylic acids is 1. The standard InChI is InChI=1S/C14H18O4/c1-3-4-9-18-12-7-5-11(6-8-14(15)16)10-13(12)17-2/h5-8,10H,3-4,9H2,1-2H3,(H,15,16). The maximum absolute atomic E-state index is 10.4. The lowest BCUT2D eigenvalue weighted by Crippen LogP contribution is -1.99. The fourth-order valence-electron chi connectivity index (χ4n) is 1.40. The molecular weight excluding hydrogens is 232 g/mol. The number of unbranched alkanes of at least 4 members (excludes halogenated alkanes) is 1. The van der Waals surface area contributed by atoms with Gasteiger partial charge in [-0.05, 0) is 30.2 Å². The summed E-state index contributed by atoms with van der Waals surface area (Å²) >= 11 is 0. The average Bonchev–Trinajstić information content (AvgIpc) is 2.37. The molecule has 1 aromatic carbocycles. The average molecular weight is 250 g/mol. The zero-order valence-corrected chi connectivity index (χ0v) is 10.7. The van der Waals surface area contributed by atoms with Gasteiger partial charge in [0.25, 0.3) is 0 Å². The third-order valence-corrected chi connectivity index (χ3v) is 2.36. The number of carboxylic acid groups (broad SMARTS) is 1. The van der Waals surface area contributed by atoms with Gasteiger partial charge in [0, 0.05) is 6.08 Å². The van der Waals surface area contributed by atoms with E-state index in [1.54, 1.807) is 25.3 Å². The van der Waals surface area contributed by atoms with Gasteiger partial charge in [-0.2, -0.15) is 0 Å². The second-order valence-electron chi connectivity index (χ2n) is 3.78.